The van der Waals surface area contributed by atoms with Gasteiger partial charge < -0.3 is 15.4 Å². The lowest BCUT2D eigenvalue weighted by atomic mass is 10.0. The van der Waals surface area contributed by atoms with E-state index in [0.717, 1.165) is 12.8 Å². The molecule has 0 atom stereocenters. The Morgan fingerprint density at radius 3 is 2.86 bits per heavy atom. The van der Waals surface area contributed by atoms with Crippen molar-refractivity contribution < 1.29 is 13.9 Å². The summed E-state index contributed by atoms with van der Waals surface area (Å²) in [5.74, 6) is 4.87. The summed E-state index contributed by atoms with van der Waals surface area (Å²) in [7, 11) is 1.77. The molecule has 0 aromatic heterocycles. The number of nitrogens with zero attached hydrogens (tertiary/aromatic N) is 1. The van der Waals surface area contributed by atoms with Gasteiger partial charge in [0, 0.05) is 31.9 Å². The monoisotopic (exact) mass is 290 g/mol. The van der Waals surface area contributed by atoms with Crippen molar-refractivity contribution in [1.29, 1.82) is 0 Å². The maximum absolute atomic E-state index is 13.4. The molecule has 112 valence electrons. The van der Waals surface area contributed by atoms with Gasteiger partial charge in [-0.25, -0.2) is 4.39 Å². The van der Waals surface area contributed by atoms with Crippen LogP contribution in [-0.4, -0.2) is 43.7 Å². The molecule has 0 unspecified atom stereocenters. The molecule has 0 aliphatic carbocycles. The van der Waals surface area contributed by atoms with Crippen molar-refractivity contribution in [2.75, 3.05) is 26.8 Å². The number of carbonyl (C=O) groups is 1. The van der Waals surface area contributed by atoms with E-state index in [4.69, 9.17) is 10.5 Å². The molecule has 0 saturated carbocycles. The van der Waals surface area contributed by atoms with E-state index in [-0.39, 0.29) is 18.5 Å². The van der Waals surface area contributed by atoms with E-state index in [1.165, 1.54) is 18.2 Å². The number of rotatable bonds is 2. The maximum Gasteiger partial charge on any atom is 0.255 e. The average molecular weight is 290 g/mol. The number of carbonyl (C=O) groups excluding carboxylic acids is 1. The van der Waals surface area contributed by atoms with Gasteiger partial charge in [-0.2, -0.15) is 0 Å². The first-order valence-corrected chi connectivity index (χ1v) is 6.97. The van der Waals surface area contributed by atoms with Gasteiger partial charge in [0.2, 0.25) is 0 Å². The second-order valence-electron chi connectivity index (χ2n) is 4.96. The van der Waals surface area contributed by atoms with Gasteiger partial charge in [0.1, 0.15) is 5.82 Å². The summed E-state index contributed by atoms with van der Waals surface area (Å²) >= 11 is 0. The Hall–Kier alpha value is -1.90. The summed E-state index contributed by atoms with van der Waals surface area (Å²) in [6.07, 6.45) is 1.63. The molecule has 1 heterocycles. The first-order chi connectivity index (χ1) is 10.1. The van der Waals surface area contributed by atoms with Crippen molar-refractivity contribution in [1.82, 2.24) is 4.90 Å². The molecule has 1 aromatic carbocycles. The summed E-state index contributed by atoms with van der Waals surface area (Å²) in [5.41, 5.74) is 6.13. The minimum absolute atomic E-state index is 0.145. The molecule has 0 spiro atoms. The van der Waals surface area contributed by atoms with Crippen molar-refractivity contribution in [3.05, 3.63) is 35.1 Å². The van der Waals surface area contributed by atoms with Crippen molar-refractivity contribution in [2.45, 2.75) is 18.9 Å². The van der Waals surface area contributed by atoms with Crippen molar-refractivity contribution in [3.8, 4) is 11.8 Å². The van der Waals surface area contributed by atoms with Crippen LogP contribution in [0.5, 0.6) is 0 Å². The lowest BCUT2D eigenvalue weighted by molar-refractivity contribution is 0.0362. The molecule has 0 bridgehead atoms. The fraction of sp³-hybridized carbons (Fsp3) is 0.438. The summed E-state index contributed by atoms with van der Waals surface area (Å²) in [6, 6.07) is 4.17. The standard InChI is InChI=1S/C16H19FN2O2/c1-19(14-6-9-21-10-7-14)16(20)15-5-4-13(17)11-12(15)3-2-8-18/h4-5,11,14H,6-10,18H2,1H3. The largest absolute Gasteiger partial charge is 0.381 e. The SMILES string of the molecule is CN(C(=O)c1ccc(F)cc1C#CCN)C1CCOCC1. The van der Waals surface area contributed by atoms with Gasteiger partial charge in [-0.15, -0.1) is 0 Å². The van der Waals surface area contributed by atoms with Crippen molar-refractivity contribution >= 4 is 5.91 Å². The first kappa shape index (κ1) is 15.5. The van der Waals surface area contributed by atoms with E-state index in [0.29, 0.717) is 24.3 Å². The molecule has 21 heavy (non-hydrogen) atoms. The summed E-state index contributed by atoms with van der Waals surface area (Å²) in [6.45, 7) is 1.48. The fourth-order valence-corrected chi connectivity index (χ4v) is 2.38. The Bertz CT molecular complexity index is 571. The lowest BCUT2D eigenvalue weighted by Gasteiger charge is -2.31. The molecular formula is C16H19FN2O2. The molecule has 1 aromatic rings. The molecule has 1 fully saturated rings. The Kier molecular flexibility index (Phi) is 5.32. The second-order valence-corrected chi connectivity index (χ2v) is 4.96. The smallest absolute Gasteiger partial charge is 0.255 e. The second kappa shape index (κ2) is 7.21. The Morgan fingerprint density at radius 1 is 1.48 bits per heavy atom. The number of hydrogen-bond acceptors (Lipinski definition) is 3. The summed E-state index contributed by atoms with van der Waals surface area (Å²) < 4.78 is 18.7. The van der Waals surface area contributed by atoms with Crippen LogP contribution in [0.3, 0.4) is 0 Å². The molecule has 1 aliphatic rings. The highest BCUT2D eigenvalue weighted by Gasteiger charge is 2.24. The van der Waals surface area contributed by atoms with Gasteiger partial charge in [0.25, 0.3) is 5.91 Å². The lowest BCUT2D eigenvalue weighted by Crippen LogP contribution is -2.40. The van der Waals surface area contributed by atoms with Crippen LogP contribution in [0.1, 0.15) is 28.8 Å². The van der Waals surface area contributed by atoms with E-state index in [1.807, 2.05) is 0 Å². The van der Waals surface area contributed by atoms with Crippen LogP contribution in [-0.2, 0) is 4.74 Å². The molecule has 4 nitrogen and oxygen atoms in total. The van der Waals surface area contributed by atoms with Crippen LogP contribution >= 0.6 is 0 Å². The van der Waals surface area contributed by atoms with Gasteiger partial charge in [0.05, 0.1) is 12.1 Å². The van der Waals surface area contributed by atoms with Crippen LogP contribution in [0.2, 0.25) is 0 Å². The van der Waals surface area contributed by atoms with E-state index < -0.39 is 5.82 Å². The van der Waals surface area contributed by atoms with Gasteiger partial charge in [0.15, 0.2) is 0 Å². The predicted molar refractivity (Wildman–Crippen MR) is 78.3 cm³/mol. The highest BCUT2D eigenvalue weighted by atomic mass is 19.1. The predicted octanol–water partition coefficient (Wildman–Crippen LogP) is 1.39. The number of benzene rings is 1. The number of ether oxygens (including phenoxy) is 1. The summed E-state index contributed by atoms with van der Waals surface area (Å²) in [5, 5.41) is 0. The third kappa shape index (κ3) is 3.81. The van der Waals surface area contributed by atoms with E-state index in [9.17, 15) is 9.18 Å². The number of halogens is 1. The van der Waals surface area contributed by atoms with Crippen LogP contribution in [0.25, 0.3) is 0 Å². The fourth-order valence-electron chi connectivity index (χ4n) is 2.38. The van der Waals surface area contributed by atoms with Gasteiger partial charge in [-0.05, 0) is 31.0 Å². The highest BCUT2D eigenvalue weighted by molar-refractivity contribution is 5.96. The third-order valence-corrected chi connectivity index (χ3v) is 3.60. The van der Waals surface area contributed by atoms with Crippen LogP contribution in [0.15, 0.2) is 18.2 Å². The van der Waals surface area contributed by atoms with Crippen LogP contribution in [0.4, 0.5) is 4.39 Å². The average Bonchev–Trinajstić information content (AvgIpc) is 2.52. The molecule has 1 aliphatic heterocycles. The zero-order valence-electron chi connectivity index (χ0n) is 12.1. The Labute approximate surface area is 124 Å². The quantitative estimate of drug-likeness (QED) is 0.837. The molecule has 2 N–H and O–H groups in total. The van der Waals surface area contributed by atoms with E-state index >= 15 is 0 Å². The number of nitrogens with two attached hydrogens (primary N) is 1. The van der Waals surface area contributed by atoms with Gasteiger partial charge in [-0.1, -0.05) is 11.8 Å². The van der Waals surface area contributed by atoms with Crippen molar-refractivity contribution in [3.63, 3.8) is 0 Å². The number of amides is 1. The topological polar surface area (TPSA) is 55.6 Å². The molecule has 0 radical (unpaired) electrons. The minimum atomic E-state index is -0.415. The van der Waals surface area contributed by atoms with Crippen LogP contribution < -0.4 is 5.73 Å². The normalized spacial score (nSPS) is 15.2. The van der Waals surface area contributed by atoms with Gasteiger partial charge >= 0.3 is 0 Å². The number of hydrogen-bond donors (Lipinski definition) is 1. The highest BCUT2D eigenvalue weighted by Crippen LogP contribution is 2.18. The van der Waals surface area contributed by atoms with Crippen LogP contribution in [0, 0.1) is 17.7 Å². The molecule has 5 heteroatoms. The maximum atomic E-state index is 13.4. The molecule has 1 amide bonds. The van der Waals surface area contributed by atoms with E-state index in [1.54, 1.807) is 11.9 Å². The van der Waals surface area contributed by atoms with Gasteiger partial charge in [-0.3, -0.25) is 4.79 Å². The van der Waals surface area contributed by atoms with E-state index in [2.05, 4.69) is 11.8 Å². The molecular weight excluding hydrogens is 271 g/mol. The zero-order valence-corrected chi connectivity index (χ0v) is 12.1. The summed E-state index contributed by atoms with van der Waals surface area (Å²) in [4.78, 5) is 14.3. The third-order valence-electron chi connectivity index (χ3n) is 3.60. The first-order valence-electron chi connectivity index (χ1n) is 6.97. The Morgan fingerprint density at radius 2 is 2.19 bits per heavy atom. The van der Waals surface area contributed by atoms with Crippen molar-refractivity contribution in [2.24, 2.45) is 5.73 Å². The zero-order chi connectivity index (χ0) is 15.2. The molecule has 1 saturated heterocycles. The molecule has 2 rings (SSSR count). The Balaban J connectivity index is 2.25. The minimum Gasteiger partial charge on any atom is -0.381 e.